The van der Waals surface area contributed by atoms with Crippen LogP contribution in [0.15, 0.2) is 4.90 Å². The Bertz CT molecular complexity index is 562. The molecule has 0 unspecified atom stereocenters. The van der Waals surface area contributed by atoms with E-state index in [1.807, 2.05) is 0 Å². The zero-order valence-electron chi connectivity index (χ0n) is 11.4. The van der Waals surface area contributed by atoms with Crippen molar-refractivity contribution in [2.75, 3.05) is 23.9 Å². The van der Waals surface area contributed by atoms with Gasteiger partial charge in [-0.1, -0.05) is 19.8 Å². The molecule has 0 spiro atoms. The van der Waals surface area contributed by atoms with Crippen LogP contribution in [0.1, 0.15) is 42.8 Å². The molecule has 108 valence electrons. The number of hydrogen-bond acceptors (Lipinski definition) is 6. The average molecular weight is 304 g/mol. The van der Waals surface area contributed by atoms with E-state index in [1.54, 1.807) is 0 Å². The summed E-state index contributed by atoms with van der Waals surface area (Å²) in [7, 11) is -3.45. The van der Waals surface area contributed by atoms with Crippen LogP contribution in [0, 0.1) is 0 Å². The molecule has 0 aliphatic rings. The van der Waals surface area contributed by atoms with Gasteiger partial charge in [0.05, 0.1) is 10.6 Å². The molecule has 5 nitrogen and oxygen atoms in total. The van der Waals surface area contributed by atoms with Crippen molar-refractivity contribution in [2.24, 2.45) is 0 Å². The molecular weight excluding hydrogens is 284 g/mol. The first-order valence-corrected chi connectivity index (χ1v) is 8.87. The molecule has 1 aromatic heterocycles. The molecular formula is C12H20N2O3S2. The molecule has 1 aromatic rings. The third-order valence-corrected chi connectivity index (χ3v) is 5.21. The van der Waals surface area contributed by atoms with Gasteiger partial charge in [0.1, 0.15) is 9.90 Å². The van der Waals surface area contributed by atoms with Crippen LogP contribution in [0.4, 0.5) is 10.7 Å². The number of unbranched alkanes of at least 4 members (excludes halogenated alkanes) is 2. The molecule has 0 saturated heterocycles. The zero-order chi connectivity index (χ0) is 14.6. The van der Waals surface area contributed by atoms with E-state index in [4.69, 9.17) is 5.73 Å². The second-order valence-electron chi connectivity index (χ2n) is 4.47. The Balaban J connectivity index is 3.08. The van der Waals surface area contributed by atoms with E-state index < -0.39 is 9.84 Å². The van der Waals surface area contributed by atoms with Gasteiger partial charge >= 0.3 is 0 Å². The lowest BCUT2D eigenvalue weighted by Gasteiger charge is -2.06. The Morgan fingerprint density at radius 1 is 1.37 bits per heavy atom. The first kappa shape index (κ1) is 16.0. The quantitative estimate of drug-likeness (QED) is 0.597. The summed E-state index contributed by atoms with van der Waals surface area (Å²) in [5, 5.41) is 3.55. The van der Waals surface area contributed by atoms with Crippen molar-refractivity contribution < 1.29 is 13.2 Å². The molecule has 0 aromatic carbocycles. The summed E-state index contributed by atoms with van der Waals surface area (Å²) < 4.78 is 23.5. The fourth-order valence-corrected chi connectivity index (χ4v) is 4.24. The second kappa shape index (κ2) is 6.38. The number of nitrogen functional groups attached to an aromatic ring is 1. The van der Waals surface area contributed by atoms with Crippen molar-refractivity contribution >= 4 is 37.6 Å². The van der Waals surface area contributed by atoms with Crippen molar-refractivity contribution in [1.82, 2.24) is 0 Å². The van der Waals surface area contributed by atoms with Gasteiger partial charge in [0.15, 0.2) is 15.6 Å². The Kier molecular flexibility index (Phi) is 5.37. The van der Waals surface area contributed by atoms with Gasteiger partial charge in [-0.3, -0.25) is 4.79 Å². The molecule has 1 rings (SSSR count). The number of hydrogen-bond donors (Lipinski definition) is 2. The molecule has 0 aliphatic carbocycles. The number of nitrogens with one attached hydrogen (secondary N) is 1. The van der Waals surface area contributed by atoms with Crippen LogP contribution in [0.2, 0.25) is 0 Å². The van der Waals surface area contributed by atoms with Gasteiger partial charge in [-0.25, -0.2) is 8.42 Å². The normalized spacial score (nSPS) is 11.5. The predicted octanol–water partition coefficient (Wildman–Crippen LogP) is 2.54. The van der Waals surface area contributed by atoms with Gasteiger partial charge in [-0.05, 0) is 6.42 Å². The van der Waals surface area contributed by atoms with Crippen molar-refractivity contribution in [2.45, 2.75) is 38.0 Å². The molecule has 1 heterocycles. The van der Waals surface area contributed by atoms with E-state index in [-0.39, 0.29) is 16.4 Å². The number of carbonyl (C=O) groups excluding carboxylic acids is 1. The summed E-state index contributed by atoms with van der Waals surface area (Å²) in [6.07, 6.45) is 4.22. The maximum Gasteiger partial charge on any atom is 0.180 e. The van der Waals surface area contributed by atoms with Crippen molar-refractivity contribution in [3.8, 4) is 0 Å². The predicted molar refractivity (Wildman–Crippen MR) is 79.9 cm³/mol. The first-order valence-electron chi connectivity index (χ1n) is 6.16. The van der Waals surface area contributed by atoms with Crippen LogP contribution in [0.5, 0.6) is 0 Å². The van der Waals surface area contributed by atoms with Gasteiger partial charge in [-0.2, -0.15) is 0 Å². The highest BCUT2D eigenvalue weighted by Gasteiger charge is 2.25. The number of Topliss-reactive ketones (excluding diaryl/α,β-unsaturated/α-hetero) is 1. The third-order valence-electron chi connectivity index (χ3n) is 2.66. The minimum atomic E-state index is -3.45. The fourth-order valence-electron chi connectivity index (χ4n) is 1.75. The molecule has 0 amide bonds. The van der Waals surface area contributed by atoms with Crippen LogP contribution in [0.3, 0.4) is 0 Å². The number of carbonyl (C=O) groups is 1. The number of rotatable bonds is 7. The molecule has 7 heteroatoms. The Hall–Kier alpha value is -1.08. The lowest BCUT2D eigenvalue weighted by Crippen LogP contribution is -2.07. The van der Waals surface area contributed by atoms with E-state index >= 15 is 0 Å². The summed E-state index contributed by atoms with van der Waals surface area (Å²) in [4.78, 5) is 11.8. The third kappa shape index (κ3) is 3.94. The van der Waals surface area contributed by atoms with Gasteiger partial charge < -0.3 is 11.1 Å². The summed E-state index contributed by atoms with van der Waals surface area (Å²) in [5.74, 6) is -0.214. The summed E-state index contributed by atoms with van der Waals surface area (Å²) in [6, 6.07) is 0. The summed E-state index contributed by atoms with van der Waals surface area (Å²) in [5.41, 5.74) is 5.86. The van der Waals surface area contributed by atoms with E-state index in [0.717, 1.165) is 36.9 Å². The van der Waals surface area contributed by atoms with Crippen LogP contribution >= 0.6 is 11.3 Å². The minimum Gasteiger partial charge on any atom is -0.396 e. The monoisotopic (exact) mass is 304 g/mol. The molecule has 0 atom stereocenters. The van der Waals surface area contributed by atoms with Crippen molar-refractivity contribution in [3.05, 3.63) is 4.88 Å². The number of sulfone groups is 1. The number of thiophene rings is 1. The highest BCUT2D eigenvalue weighted by Crippen LogP contribution is 2.39. The Morgan fingerprint density at radius 2 is 2.00 bits per heavy atom. The van der Waals surface area contributed by atoms with Gasteiger partial charge in [0.25, 0.3) is 0 Å². The molecule has 0 bridgehead atoms. The fraction of sp³-hybridized carbons (Fsp3) is 0.583. The molecule has 3 N–H and O–H groups in total. The molecule has 0 aliphatic heterocycles. The summed E-state index contributed by atoms with van der Waals surface area (Å²) in [6.45, 7) is 4.15. The maximum atomic E-state index is 11.8. The number of anilines is 2. The van der Waals surface area contributed by atoms with E-state index in [9.17, 15) is 13.2 Å². The number of ketones is 1. The highest BCUT2D eigenvalue weighted by atomic mass is 32.2. The summed E-state index contributed by atoms with van der Waals surface area (Å²) >= 11 is 1.11. The molecule has 0 fully saturated rings. The SMILES string of the molecule is CCCCCNc1sc(C(C)=O)c(N)c1S(C)(=O)=O. The molecule has 0 saturated carbocycles. The molecule has 19 heavy (non-hydrogen) atoms. The smallest absolute Gasteiger partial charge is 0.180 e. The average Bonchev–Trinajstić information content (AvgIpc) is 2.61. The highest BCUT2D eigenvalue weighted by molar-refractivity contribution is 7.91. The Labute approximate surface area is 118 Å². The zero-order valence-corrected chi connectivity index (χ0v) is 13.1. The standard InChI is InChI=1S/C12H20N2O3S2/c1-4-5-6-7-14-12-11(19(3,16)17)9(13)10(18-12)8(2)15/h14H,4-7,13H2,1-3H3. The van der Waals surface area contributed by atoms with Gasteiger partial charge in [-0.15, -0.1) is 11.3 Å². The van der Waals surface area contributed by atoms with E-state index in [2.05, 4.69) is 12.2 Å². The maximum absolute atomic E-state index is 11.8. The van der Waals surface area contributed by atoms with Crippen LogP contribution in [0.25, 0.3) is 0 Å². The van der Waals surface area contributed by atoms with E-state index in [0.29, 0.717) is 16.4 Å². The van der Waals surface area contributed by atoms with Crippen molar-refractivity contribution in [3.63, 3.8) is 0 Å². The van der Waals surface area contributed by atoms with Crippen LogP contribution < -0.4 is 11.1 Å². The number of nitrogens with two attached hydrogens (primary N) is 1. The second-order valence-corrected chi connectivity index (χ2v) is 7.44. The Morgan fingerprint density at radius 3 is 2.47 bits per heavy atom. The van der Waals surface area contributed by atoms with Gasteiger partial charge in [0.2, 0.25) is 0 Å². The van der Waals surface area contributed by atoms with Gasteiger partial charge in [0, 0.05) is 19.7 Å². The van der Waals surface area contributed by atoms with Crippen LogP contribution in [-0.4, -0.2) is 27.0 Å². The van der Waals surface area contributed by atoms with Crippen LogP contribution in [-0.2, 0) is 9.84 Å². The molecule has 0 radical (unpaired) electrons. The van der Waals surface area contributed by atoms with E-state index in [1.165, 1.54) is 6.92 Å². The first-order chi connectivity index (χ1) is 8.79. The topological polar surface area (TPSA) is 89.3 Å². The van der Waals surface area contributed by atoms with Crippen molar-refractivity contribution in [1.29, 1.82) is 0 Å². The minimum absolute atomic E-state index is 0.0548. The lowest BCUT2D eigenvalue weighted by atomic mass is 10.2. The lowest BCUT2D eigenvalue weighted by molar-refractivity contribution is 0.102. The largest absolute Gasteiger partial charge is 0.396 e.